The summed E-state index contributed by atoms with van der Waals surface area (Å²) < 4.78 is 31.3. The molecule has 1 heterocycles. The van der Waals surface area contributed by atoms with Crippen molar-refractivity contribution in [3.05, 3.63) is 17.7 Å². The molecule has 0 aromatic carbocycles. The van der Waals surface area contributed by atoms with E-state index in [1.807, 2.05) is 6.92 Å². The molecule has 0 spiro atoms. The number of halogens is 2. The first-order valence-corrected chi connectivity index (χ1v) is 4.87. The predicted molar refractivity (Wildman–Crippen MR) is 58.7 cm³/mol. The molecule has 0 fully saturated rings. The van der Waals surface area contributed by atoms with Gasteiger partial charge in [-0.2, -0.15) is 0 Å². The third kappa shape index (κ3) is 3.03. The Labute approximate surface area is 93.0 Å². The van der Waals surface area contributed by atoms with E-state index in [1.54, 1.807) is 7.11 Å². The maximum atomic E-state index is 13.3. The average Bonchev–Trinajstić information content (AvgIpc) is 2.22. The summed E-state index contributed by atoms with van der Waals surface area (Å²) in [5.74, 6) is -1.42. The van der Waals surface area contributed by atoms with Crippen LogP contribution in [-0.2, 0) is 4.74 Å². The molecule has 0 bridgehead atoms. The number of hydrogen-bond acceptors (Lipinski definition) is 4. The SMILES string of the molecule is CNc1nc(NC(C)COC)c(F)cc1F. The molecule has 0 aliphatic heterocycles. The Morgan fingerprint density at radius 3 is 2.56 bits per heavy atom. The zero-order chi connectivity index (χ0) is 12.1. The maximum Gasteiger partial charge on any atom is 0.168 e. The van der Waals surface area contributed by atoms with Crippen LogP contribution in [0, 0.1) is 11.6 Å². The van der Waals surface area contributed by atoms with Crippen molar-refractivity contribution in [2.75, 3.05) is 31.4 Å². The molecule has 0 aliphatic carbocycles. The van der Waals surface area contributed by atoms with Gasteiger partial charge in [0.15, 0.2) is 23.3 Å². The van der Waals surface area contributed by atoms with Gasteiger partial charge in [-0.3, -0.25) is 0 Å². The molecule has 0 aliphatic rings. The number of anilines is 2. The zero-order valence-electron chi connectivity index (χ0n) is 9.47. The second-order valence-electron chi connectivity index (χ2n) is 3.40. The molecule has 1 rings (SSSR count). The molecule has 4 nitrogen and oxygen atoms in total. The Bertz CT molecular complexity index is 360. The number of pyridine rings is 1. The van der Waals surface area contributed by atoms with Gasteiger partial charge < -0.3 is 15.4 Å². The van der Waals surface area contributed by atoms with E-state index >= 15 is 0 Å². The first-order valence-electron chi connectivity index (χ1n) is 4.87. The van der Waals surface area contributed by atoms with Gasteiger partial charge in [0.05, 0.1) is 6.61 Å². The molecular formula is C10H15F2N3O. The summed E-state index contributed by atoms with van der Waals surface area (Å²) in [7, 11) is 3.07. The monoisotopic (exact) mass is 231 g/mol. The highest BCUT2D eigenvalue weighted by Gasteiger charge is 2.12. The van der Waals surface area contributed by atoms with Gasteiger partial charge in [0.2, 0.25) is 0 Å². The Morgan fingerprint density at radius 2 is 2.00 bits per heavy atom. The van der Waals surface area contributed by atoms with Gasteiger partial charge in [-0.15, -0.1) is 0 Å². The second kappa shape index (κ2) is 5.60. The zero-order valence-corrected chi connectivity index (χ0v) is 9.47. The molecule has 0 saturated carbocycles. The molecule has 90 valence electrons. The molecular weight excluding hydrogens is 216 g/mol. The number of nitrogens with one attached hydrogen (secondary N) is 2. The molecule has 2 N–H and O–H groups in total. The van der Waals surface area contributed by atoms with Crippen LogP contribution >= 0.6 is 0 Å². The number of hydrogen-bond donors (Lipinski definition) is 2. The minimum atomic E-state index is -0.723. The fourth-order valence-electron chi connectivity index (χ4n) is 1.27. The van der Waals surface area contributed by atoms with E-state index in [1.165, 1.54) is 7.05 Å². The van der Waals surface area contributed by atoms with Gasteiger partial charge in [-0.1, -0.05) is 0 Å². The average molecular weight is 231 g/mol. The fourth-order valence-corrected chi connectivity index (χ4v) is 1.27. The Kier molecular flexibility index (Phi) is 4.42. The van der Waals surface area contributed by atoms with Crippen LogP contribution in [0.15, 0.2) is 6.07 Å². The molecule has 1 unspecified atom stereocenters. The largest absolute Gasteiger partial charge is 0.383 e. The van der Waals surface area contributed by atoms with Crippen molar-refractivity contribution in [1.29, 1.82) is 0 Å². The highest BCUT2D eigenvalue weighted by atomic mass is 19.1. The van der Waals surface area contributed by atoms with Crippen LogP contribution in [0.1, 0.15) is 6.92 Å². The van der Waals surface area contributed by atoms with Crippen LogP contribution in [0.5, 0.6) is 0 Å². The van der Waals surface area contributed by atoms with Crippen LogP contribution in [0.25, 0.3) is 0 Å². The molecule has 1 aromatic heterocycles. The molecule has 6 heteroatoms. The summed E-state index contributed by atoms with van der Waals surface area (Å²) in [6.07, 6.45) is 0. The first-order chi connectivity index (χ1) is 7.58. The summed E-state index contributed by atoms with van der Waals surface area (Å²) in [6, 6.07) is 0.683. The second-order valence-corrected chi connectivity index (χ2v) is 3.40. The van der Waals surface area contributed by atoms with Gasteiger partial charge in [-0.05, 0) is 6.92 Å². The number of methoxy groups -OCH3 is 1. The summed E-state index contributed by atoms with van der Waals surface area (Å²) >= 11 is 0. The van der Waals surface area contributed by atoms with Crippen molar-refractivity contribution in [3.8, 4) is 0 Å². The van der Waals surface area contributed by atoms with Crippen LogP contribution in [-0.4, -0.2) is 31.8 Å². The number of aromatic nitrogens is 1. The lowest BCUT2D eigenvalue weighted by atomic mass is 10.3. The van der Waals surface area contributed by atoms with Crippen molar-refractivity contribution in [2.45, 2.75) is 13.0 Å². The summed E-state index contributed by atoms with van der Waals surface area (Å²) in [4.78, 5) is 3.78. The Balaban J connectivity index is 2.87. The highest BCUT2D eigenvalue weighted by Crippen LogP contribution is 2.19. The summed E-state index contributed by atoms with van der Waals surface area (Å²) in [5, 5.41) is 5.34. The molecule has 0 radical (unpaired) electrons. The lowest BCUT2D eigenvalue weighted by Crippen LogP contribution is -2.22. The third-order valence-electron chi connectivity index (χ3n) is 1.97. The van der Waals surface area contributed by atoms with Crippen molar-refractivity contribution >= 4 is 11.6 Å². The van der Waals surface area contributed by atoms with Crippen LogP contribution < -0.4 is 10.6 Å². The van der Waals surface area contributed by atoms with Crippen LogP contribution in [0.4, 0.5) is 20.4 Å². The predicted octanol–water partition coefficient (Wildman–Crippen LogP) is 1.85. The standard InChI is InChI=1S/C10H15F2N3O/c1-6(5-16-3)14-10-8(12)4-7(11)9(13-2)15-10/h4,6H,5H2,1-3H3,(H2,13,14,15). The van der Waals surface area contributed by atoms with E-state index in [0.29, 0.717) is 6.61 Å². The van der Waals surface area contributed by atoms with E-state index in [-0.39, 0.29) is 17.7 Å². The third-order valence-corrected chi connectivity index (χ3v) is 1.97. The van der Waals surface area contributed by atoms with E-state index in [4.69, 9.17) is 4.74 Å². The Morgan fingerprint density at radius 1 is 1.38 bits per heavy atom. The number of nitrogens with zero attached hydrogens (tertiary/aromatic N) is 1. The summed E-state index contributed by atoms with van der Waals surface area (Å²) in [6.45, 7) is 2.22. The van der Waals surface area contributed by atoms with E-state index in [9.17, 15) is 8.78 Å². The van der Waals surface area contributed by atoms with Gasteiger partial charge >= 0.3 is 0 Å². The summed E-state index contributed by atoms with van der Waals surface area (Å²) in [5.41, 5.74) is 0. The Hall–Kier alpha value is -1.43. The number of rotatable bonds is 5. The quantitative estimate of drug-likeness (QED) is 0.811. The van der Waals surface area contributed by atoms with Crippen LogP contribution in [0.3, 0.4) is 0 Å². The van der Waals surface area contributed by atoms with Crippen molar-refractivity contribution in [1.82, 2.24) is 4.98 Å². The molecule has 1 atom stereocenters. The van der Waals surface area contributed by atoms with E-state index in [0.717, 1.165) is 6.07 Å². The van der Waals surface area contributed by atoms with Crippen molar-refractivity contribution in [2.24, 2.45) is 0 Å². The normalized spacial score (nSPS) is 12.3. The minimum absolute atomic E-state index is 0.00789. The van der Waals surface area contributed by atoms with E-state index in [2.05, 4.69) is 15.6 Å². The van der Waals surface area contributed by atoms with Crippen LogP contribution in [0.2, 0.25) is 0 Å². The van der Waals surface area contributed by atoms with Crippen molar-refractivity contribution < 1.29 is 13.5 Å². The topological polar surface area (TPSA) is 46.2 Å². The fraction of sp³-hybridized carbons (Fsp3) is 0.500. The minimum Gasteiger partial charge on any atom is -0.383 e. The molecule has 1 aromatic rings. The van der Waals surface area contributed by atoms with E-state index < -0.39 is 11.6 Å². The molecule has 0 amide bonds. The molecule has 0 saturated heterocycles. The van der Waals surface area contributed by atoms with Crippen molar-refractivity contribution in [3.63, 3.8) is 0 Å². The van der Waals surface area contributed by atoms with Gasteiger partial charge in [0.1, 0.15) is 0 Å². The van der Waals surface area contributed by atoms with Gasteiger partial charge in [-0.25, -0.2) is 13.8 Å². The maximum absolute atomic E-state index is 13.3. The smallest absolute Gasteiger partial charge is 0.168 e. The lowest BCUT2D eigenvalue weighted by molar-refractivity contribution is 0.190. The lowest BCUT2D eigenvalue weighted by Gasteiger charge is -2.14. The first kappa shape index (κ1) is 12.6. The van der Waals surface area contributed by atoms with Gasteiger partial charge in [0.25, 0.3) is 0 Å². The highest BCUT2D eigenvalue weighted by molar-refractivity contribution is 5.47. The number of ether oxygens (including phenoxy) is 1. The van der Waals surface area contributed by atoms with Gasteiger partial charge in [0, 0.05) is 26.3 Å². The molecule has 16 heavy (non-hydrogen) atoms.